The van der Waals surface area contributed by atoms with Crippen LogP contribution < -0.4 is 5.32 Å². The Labute approximate surface area is 152 Å². The molecule has 7 heteroatoms. The molecule has 2 saturated heterocycles. The van der Waals surface area contributed by atoms with Crippen molar-refractivity contribution in [2.24, 2.45) is 5.92 Å². The molecule has 3 rings (SSSR count). The SMILES string of the molecule is CC(C)CN1C(c2ccc(Cl)cc2)C(=O)NC12CCN(C(=O)O)CC2. The van der Waals surface area contributed by atoms with Gasteiger partial charge in [0.25, 0.3) is 0 Å². The maximum absolute atomic E-state index is 12.8. The van der Waals surface area contributed by atoms with E-state index >= 15 is 0 Å². The van der Waals surface area contributed by atoms with Gasteiger partial charge < -0.3 is 15.3 Å². The van der Waals surface area contributed by atoms with Gasteiger partial charge in [0.1, 0.15) is 6.04 Å². The predicted octanol–water partition coefficient (Wildman–Crippen LogP) is 2.94. The van der Waals surface area contributed by atoms with Gasteiger partial charge in [-0.15, -0.1) is 0 Å². The summed E-state index contributed by atoms with van der Waals surface area (Å²) in [7, 11) is 0. The molecule has 2 aliphatic rings. The molecule has 2 fully saturated rings. The van der Waals surface area contributed by atoms with Crippen molar-refractivity contribution in [2.45, 2.75) is 38.4 Å². The normalized spacial score (nSPS) is 23.3. The number of hydrogen-bond acceptors (Lipinski definition) is 3. The minimum Gasteiger partial charge on any atom is -0.465 e. The number of rotatable bonds is 3. The Bertz CT molecular complexity index is 654. The summed E-state index contributed by atoms with van der Waals surface area (Å²) in [4.78, 5) is 27.7. The van der Waals surface area contributed by atoms with E-state index in [0.717, 1.165) is 12.1 Å². The molecule has 136 valence electrons. The minimum absolute atomic E-state index is 0.0215. The standard InChI is InChI=1S/C18H24ClN3O3/c1-12(2)11-22-15(13-3-5-14(19)6-4-13)16(23)20-18(22)7-9-21(10-8-18)17(24)25/h3-6,12,15H,7-11H2,1-2H3,(H,20,23)(H,24,25). The number of nitrogens with zero attached hydrogens (tertiary/aromatic N) is 2. The van der Waals surface area contributed by atoms with Crippen molar-refractivity contribution in [1.29, 1.82) is 0 Å². The molecule has 2 aliphatic heterocycles. The van der Waals surface area contributed by atoms with Gasteiger partial charge in [0.15, 0.2) is 0 Å². The lowest BCUT2D eigenvalue weighted by molar-refractivity contribution is -0.121. The summed E-state index contributed by atoms with van der Waals surface area (Å²) in [6.07, 6.45) is 0.299. The van der Waals surface area contributed by atoms with Crippen LogP contribution in [0.2, 0.25) is 5.02 Å². The highest BCUT2D eigenvalue weighted by molar-refractivity contribution is 6.30. The zero-order valence-corrected chi connectivity index (χ0v) is 15.3. The lowest BCUT2D eigenvalue weighted by atomic mass is 9.94. The molecule has 2 heterocycles. The zero-order valence-electron chi connectivity index (χ0n) is 14.5. The van der Waals surface area contributed by atoms with Crippen LogP contribution in [0.3, 0.4) is 0 Å². The van der Waals surface area contributed by atoms with E-state index in [-0.39, 0.29) is 11.9 Å². The number of carbonyl (C=O) groups excluding carboxylic acids is 1. The second-order valence-electron chi connectivity index (χ2n) is 7.29. The smallest absolute Gasteiger partial charge is 0.407 e. The van der Waals surface area contributed by atoms with Gasteiger partial charge in [0.2, 0.25) is 5.91 Å². The van der Waals surface area contributed by atoms with Crippen LogP contribution in [0, 0.1) is 5.92 Å². The molecule has 25 heavy (non-hydrogen) atoms. The molecule has 6 nitrogen and oxygen atoms in total. The Hall–Kier alpha value is -1.79. The fourth-order valence-electron chi connectivity index (χ4n) is 3.89. The quantitative estimate of drug-likeness (QED) is 0.863. The van der Waals surface area contributed by atoms with E-state index in [4.69, 9.17) is 11.6 Å². The van der Waals surface area contributed by atoms with E-state index in [1.807, 2.05) is 12.1 Å². The molecule has 1 aromatic carbocycles. The van der Waals surface area contributed by atoms with Crippen molar-refractivity contribution in [3.8, 4) is 0 Å². The van der Waals surface area contributed by atoms with Crippen LogP contribution in [-0.4, -0.2) is 52.2 Å². The third-order valence-electron chi connectivity index (χ3n) is 5.07. The van der Waals surface area contributed by atoms with Crippen molar-refractivity contribution in [2.75, 3.05) is 19.6 Å². The number of nitrogens with one attached hydrogen (secondary N) is 1. The maximum atomic E-state index is 12.8. The topological polar surface area (TPSA) is 72.9 Å². The molecule has 0 saturated carbocycles. The van der Waals surface area contributed by atoms with Gasteiger partial charge >= 0.3 is 6.09 Å². The van der Waals surface area contributed by atoms with Crippen LogP contribution >= 0.6 is 11.6 Å². The van der Waals surface area contributed by atoms with Crippen molar-refractivity contribution in [3.05, 3.63) is 34.9 Å². The molecule has 2 N–H and O–H groups in total. The molecule has 1 atom stereocenters. The highest BCUT2D eigenvalue weighted by Crippen LogP contribution is 2.40. The van der Waals surface area contributed by atoms with Gasteiger partial charge in [-0.2, -0.15) is 0 Å². The predicted molar refractivity (Wildman–Crippen MR) is 95.4 cm³/mol. The van der Waals surface area contributed by atoms with Gasteiger partial charge in [-0.1, -0.05) is 37.6 Å². The second-order valence-corrected chi connectivity index (χ2v) is 7.73. The largest absolute Gasteiger partial charge is 0.465 e. The number of carbonyl (C=O) groups is 2. The number of hydrogen-bond donors (Lipinski definition) is 2. The summed E-state index contributed by atoms with van der Waals surface area (Å²) >= 11 is 5.99. The van der Waals surface area contributed by atoms with Gasteiger partial charge in [-0.25, -0.2) is 4.79 Å². The van der Waals surface area contributed by atoms with Crippen LogP contribution in [-0.2, 0) is 4.79 Å². The average Bonchev–Trinajstić information content (AvgIpc) is 2.80. The van der Waals surface area contributed by atoms with E-state index in [1.165, 1.54) is 4.90 Å². The van der Waals surface area contributed by atoms with Gasteiger partial charge in [0, 0.05) is 37.5 Å². The first-order chi connectivity index (χ1) is 11.8. The summed E-state index contributed by atoms with van der Waals surface area (Å²) < 4.78 is 0. The molecular formula is C18H24ClN3O3. The summed E-state index contributed by atoms with van der Waals surface area (Å²) in [6, 6.07) is 7.03. The van der Waals surface area contributed by atoms with Crippen molar-refractivity contribution < 1.29 is 14.7 Å². The molecule has 0 aliphatic carbocycles. The molecule has 1 unspecified atom stereocenters. The monoisotopic (exact) mass is 365 g/mol. The van der Waals surface area contributed by atoms with Crippen molar-refractivity contribution >= 4 is 23.6 Å². The summed E-state index contributed by atoms with van der Waals surface area (Å²) in [6.45, 7) is 5.87. The maximum Gasteiger partial charge on any atom is 0.407 e. The van der Waals surface area contributed by atoms with Gasteiger partial charge in [0.05, 0.1) is 5.66 Å². The third-order valence-corrected chi connectivity index (χ3v) is 5.33. The molecular weight excluding hydrogens is 342 g/mol. The van der Waals surface area contributed by atoms with Crippen LogP contribution in [0.25, 0.3) is 0 Å². The number of likely N-dealkylation sites (tertiary alicyclic amines) is 1. The number of piperidine rings is 1. The lowest BCUT2D eigenvalue weighted by Gasteiger charge is -2.45. The Kier molecular flexibility index (Phi) is 4.93. The Balaban J connectivity index is 1.90. The second kappa shape index (κ2) is 6.84. The zero-order chi connectivity index (χ0) is 18.2. The average molecular weight is 366 g/mol. The van der Waals surface area contributed by atoms with Crippen molar-refractivity contribution in [1.82, 2.24) is 15.1 Å². The first-order valence-electron chi connectivity index (χ1n) is 8.64. The molecule has 0 bridgehead atoms. The van der Waals surface area contributed by atoms with E-state index in [9.17, 15) is 14.7 Å². The lowest BCUT2D eigenvalue weighted by Crippen LogP contribution is -2.59. The van der Waals surface area contributed by atoms with E-state index < -0.39 is 11.8 Å². The fourth-order valence-corrected chi connectivity index (χ4v) is 4.01. The van der Waals surface area contributed by atoms with Crippen LogP contribution in [0.5, 0.6) is 0 Å². The summed E-state index contributed by atoms with van der Waals surface area (Å²) in [5.41, 5.74) is 0.442. The highest BCUT2D eigenvalue weighted by atomic mass is 35.5. The van der Waals surface area contributed by atoms with Gasteiger partial charge in [-0.3, -0.25) is 9.69 Å². The minimum atomic E-state index is -0.899. The first-order valence-corrected chi connectivity index (χ1v) is 9.02. The molecule has 1 spiro atoms. The Morgan fingerprint density at radius 1 is 1.32 bits per heavy atom. The Morgan fingerprint density at radius 3 is 2.44 bits per heavy atom. The highest BCUT2D eigenvalue weighted by Gasteiger charge is 2.52. The number of benzene rings is 1. The molecule has 2 amide bonds. The van der Waals surface area contributed by atoms with Crippen LogP contribution in [0.15, 0.2) is 24.3 Å². The van der Waals surface area contributed by atoms with E-state index in [2.05, 4.69) is 24.1 Å². The van der Waals surface area contributed by atoms with E-state index in [1.54, 1.807) is 12.1 Å². The molecule has 0 radical (unpaired) electrons. The number of carboxylic acid groups (broad SMARTS) is 1. The summed E-state index contributed by atoms with van der Waals surface area (Å²) in [5.74, 6) is 0.364. The molecule has 1 aromatic rings. The van der Waals surface area contributed by atoms with Gasteiger partial charge in [-0.05, 0) is 23.6 Å². The molecule has 0 aromatic heterocycles. The van der Waals surface area contributed by atoms with Crippen molar-refractivity contribution in [3.63, 3.8) is 0 Å². The number of halogens is 1. The third kappa shape index (κ3) is 3.46. The number of amides is 2. The first kappa shape index (κ1) is 18.0. The summed E-state index contributed by atoms with van der Waals surface area (Å²) in [5, 5.41) is 13.0. The Morgan fingerprint density at radius 2 is 1.92 bits per heavy atom. The van der Waals surface area contributed by atoms with Crippen LogP contribution in [0.4, 0.5) is 4.79 Å². The van der Waals surface area contributed by atoms with E-state index in [0.29, 0.717) is 36.9 Å². The fraction of sp³-hybridized carbons (Fsp3) is 0.556. The van der Waals surface area contributed by atoms with Crippen LogP contribution in [0.1, 0.15) is 38.3 Å².